The summed E-state index contributed by atoms with van der Waals surface area (Å²) in [4.78, 5) is 14.3. The predicted octanol–water partition coefficient (Wildman–Crippen LogP) is 3.96. The van der Waals surface area contributed by atoms with Crippen LogP contribution < -0.4 is 5.32 Å². The molecule has 0 fully saturated rings. The van der Waals surface area contributed by atoms with E-state index in [0.717, 1.165) is 29.6 Å². The van der Waals surface area contributed by atoms with Gasteiger partial charge < -0.3 is 15.2 Å². The van der Waals surface area contributed by atoms with E-state index in [1.165, 1.54) is 5.56 Å². The van der Waals surface area contributed by atoms with E-state index in [2.05, 4.69) is 54.1 Å². The van der Waals surface area contributed by atoms with Crippen LogP contribution in [0.1, 0.15) is 11.4 Å². The van der Waals surface area contributed by atoms with Gasteiger partial charge in [-0.3, -0.25) is 4.99 Å². The first-order chi connectivity index (χ1) is 11.8. The molecule has 25 heavy (non-hydrogen) atoms. The lowest BCUT2D eigenvalue weighted by molar-refractivity contribution is 0.464. The first kappa shape index (κ1) is 19.5. The van der Waals surface area contributed by atoms with Gasteiger partial charge in [0.1, 0.15) is 5.82 Å². The zero-order valence-electron chi connectivity index (χ0n) is 14.3. The summed E-state index contributed by atoms with van der Waals surface area (Å²) in [6, 6.07) is 12.3. The highest BCUT2D eigenvalue weighted by atomic mass is 127. The van der Waals surface area contributed by atoms with E-state index in [9.17, 15) is 0 Å². The second-order valence-corrected chi connectivity index (χ2v) is 6.28. The van der Waals surface area contributed by atoms with Crippen LogP contribution in [0, 0.1) is 0 Å². The summed E-state index contributed by atoms with van der Waals surface area (Å²) in [5.41, 5.74) is 3.43. The molecule has 0 saturated carbocycles. The fourth-order valence-electron chi connectivity index (χ4n) is 2.47. The maximum absolute atomic E-state index is 4.48. The molecule has 3 rings (SSSR count). The Labute approximate surface area is 169 Å². The first-order valence-corrected chi connectivity index (χ1v) is 8.72. The summed E-state index contributed by atoms with van der Waals surface area (Å²) in [7, 11) is 3.80. The van der Waals surface area contributed by atoms with Gasteiger partial charge in [0.05, 0.1) is 18.4 Å². The molecule has 0 atom stereocenters. The van der Waals surface area contributed by atoms with Crippen LogP contribution in [0.15, 0.2) is 58.3 Å². The Morgan fingerprint density at radius 2 is 2.08 bits per heavy atom. The molecule has 0 radical (unpaired) electrons. The minimum Gasteiger partial charge on any atom is -0.352 e. The quantitative estimate of drug-likeness (QED) is 0.339. The molecule has 0 unspecified atom stereocenters. The number of nitrogens with one attached hydrogen (secondary N) is 2. The molecule has 5 nitrogen and oxygen atoms in total. The summed E-state index contributed by atoms with van der Waals surface area (Å²) >= 11 is 1.70. The Hall–Kier alpha value is -1.87. The SMILES string of the molecule is CN=C(NCc1ccsc1)N(C)Cc1ncc(-c2ccccc2)[nH]1.I. The summed E-state index contributed by atoms with van der Waals surface area (Å²) in [6.45, 7) is 1.43. The lowest BCUT2D eigenvalue weighted by Gasteiger charge is -2.20. The number of thiophene rings is 1. The van der Waals surface area contributed by atoms with E-state index < -0.39 is 0 Å². The topological polar surface area (TPSA) is 56.3 Å². The Kier molecular flexibility index (Phi) is 7.45. The number of imidazole rings is 1. The molecule has 0 saturated heterocycles. The number of nitrogens with zero attached hydrogens (tertiary/aromatic N) is 3. The molecule has 2 heterocycles. The van der Waals surface area contributed by atoms with E-state index >= 15 is 0 Å². The second kappa shape index (κ2) is 9.57. The van der Waals surface area contributed by atoms with E-state index in [4.69, 9.17) is 0 Å². The fourth-order valence-corrected chi connectivity index (χ4v) is 3.13. The lowest BCUT2D eigenvalue weighted by Crippen LogP contribution is -2.38. The monoisotopic (exact) mass is 467 g/mol. The summed E-state index contributed by atoms with van der Waals surface area (Å²) in [6.07, 6.45) is 1.88. The normalized spacial score (nSPS) is 11.0. The summed E-state index contributed by atoms with van der Waals surface area (Å²) in [5, 5.41) is 7.59. The standard InChI is InChI=1S/C18H21N5S.HI/c1-19-18(21-10-14-8-9-24-13-14)23(2)12-17-20-11-16(22-17)15-6-4-3-5-7-15;/h3-9,11,13H,10,12H2,1-2H3,(H,19,21)(H,20,22);1H. The van der Waals surface area contributed by atoms with Crippen LogP contribution in [0.5, 0.6) is 0 Å². The van der Waals surface area contributed by atoms with Gasteiger partial charge in [-0.25, -0.2) is 4.98 Å². The number of aliphatic imine (C=N–C) groups is 1. The largest absolute Gasteiger partial charge is 0.352 e. The third-order valence-corrected chi connectivity index (χ3v) is 4.44. The molecule has 1 aromatic carbocycles. The van der Waals surface area contributed by atoms with Gasteiger partial charge in [0.15, 0.2) is 5.96 Å². The van der Waals surface area contributed by atoms with E-state index in [0.29, 0.717) is 6.54 Å². The molecule has 0 amide bonds. The number of guanidine groups is 1. The molecule has 2 N–H and O–H groups in total. The van der Waals surface area contributed by atoms with Crippen LogP contribution >= 0.6 is 35.3 Å². The second-order valence-electron chi connectivity index (χ2n) is 5.50. The van der Waals surface area contributed by atoms with Crippen molar-refractivity contribution in [2.24, 2.45) is 4.99 Å². The van der Waals surface area contributed by atoms with E-state index in [1.54, 1.807) is 18.4 Å². The van der Waals surface area contributed by atoms with Crippen molar-refractivity contribution in [2.75, 3.05) is 14.1 Å². The molecular formula is C18H22IN5S. The molecule has 0 aliphatic rings. The third-order valence-electron chi connectivity index (χ3n) is 3.70. The molecule has 0 spiro atoms. The van der Waals surface area contributed by atoms with Crippen molar-refractivity contribution in [2.45, 2.75) is 13.1 Å². The Morgan fingerprint density at radius 1 is 1.28 bits per heavy atom. The maximum Gasteiger partial charge on any atom is 0.194 e. The zero-order chi connectivity index (χ0) is 16.8. The van der Waals surface area contributed by atoms with Crippen LogP contribution in [0.3, 0.4) is 0 Å². The average molecular weight is 467 g/mol. The van der Waals surface area contributed by atoms with Crippen molar-refractivity contribution < 1.29 is 0 Å². The molecule has 7 heteroatoms. The van der Waals surface area contributed by atoms with Crippen molar-refractivity contribution in [3.05, 3.63) is 64.7 Å². The van der Waals surface area contributed by atoms with Gasteiger partial charge in [0.25, 0.3) is 0 Å². The summed E-state index contributed by atoms with van der Waals surface area (Å²) < 4.78 is 0. The molecule has 132 valence electrons. The number of benzene rings is 1. The number of rotatable bonds is 5. The minimum atomic E-state index is 0. The van der Waals surface area contributed by atoms with Gasteiger partial charge in [0.2, 0.25) is 0 Å². The van der Waals surface area contributed by atoms with Gasteiger partial charge in [-0.1, -0.05) is 30.3 Å². The number of aromatic nitrogens is 2. The van der Waals surface area contributed by atoms with Gasteiger partial charge in [-0.15, -0.1) is 24.0 Å². The molecular weight excluding hydrogens is 445 g/mol. The minimum absolute atomic E-state index is 0. The highest BCUT2D eigenvalue weighted by Gasteiger charge is 2.10. The van der Waals surface area contributed by atoms with Gasteiger partial charge >= 0.3 is 0 Å². The number of H-pyrrole nitrogens is 1. The van der Waals surface area contributed by atoms with Crippen molar-refractivity contribution in [1.82, 2.24) is 20.2 Å². The molecule has 3 aromatic rings. The van der Waals surface area contributed by atoms with Crippen LogP contribution in [0.2, 0.25) is 0 Å². The van der Waals surface area contributed by atoms with E-state index in [-0.39, 0.29) is 24.0 Å². The summed E-state index contributed by atoms with van der Waals surface area (Å²) in [5.74, 6) is 1.76. The fraction of sp³-hybridized carbons (Fsp3) is 0.222. The van der Waals surface area contributed by atoms with Crippen molar-refractivity contribution in [1.29, 1.82) is 0 Å². The lowest BCUT2D eigenvalue weighted by atomic mass is 10.2. The van der Waals surface area contributed by atoms with Crippen LogP contribution in [-0.2, 0) is 13.1 Å². The number of hydrogen-bond acceptors (Lipinski definition) is 3. The number of hydrogen-bond donors (Lipinski definition) is 2. The predicted molar refractivity (Wildman–Crippen MR) is 115 cm³/mol. The Morgan fingerprint density at radius 3 is 2.76 bits per heavy atom. The van der Waals surface area contributed by atoms with Gasteiger partial charge in [-0.05, 0) is 28.0 Å². The molecule has 0 bridgehead atoms. The zero-order valence-corrected chi connectivity index (χ0v) is 17.4. The van der Waals surface area contributed by atoms with Crippen molar-refractivity contribution >= 4 is 41.3 Å². The number of halogens is 1. The van der Waals surface area contributed by atoms with Crippen LogP contribution in [0.25, 0.3) is 11.3 Å². The van der Waals surface area contributed by atoms with Gasteiger partial charge in [-0.2, -0.15) is 11.3 Å². The van der Waals surface area contributed by atoms with Crippen LogP contribution in [0.4, 0.5) is 0 Å². The van der Waals surface area contributed by atoms with Crippen molar-refractivity contribution in [3.63, 3.8) is 0 Å². The highest BCUT2D eigenvalue weighted by molar-refractivity contribution is 14.0. The third kappa shape index (κ3) is 5.30. The molecule has 0 aliphatic carbocycles. The molecule has 2 aromatic heterocycles. The Bertz CT molecular complexity index is 783. The highest BCUT2D eigenvalue weighted by Crippen LogP contribution is 2.16. The average Bonchev–Trinajstić information content (AvgIpc) is 3.28. The van der Waals surface area contributed by atoms with Gasteiger partial charge in [0, 0.05) is 20.6 Å². The first-order valence-electron chi connectivity index (χ1n) is 7.78. The smallest absolute Gasteiger partial charge is 0.194 e. The van der Waals surface area contributed by atoms with Crippen LogP contribution in [-0.4, -0.2) is 34.9 Å². The van der Waals surface area contributed by atoms with Crippen molar-refractivity contribution in [3.8, 4) is 11.3 Å². The molecule has 0 aliphatic heterocycles. The Balaban J connectivity index is 0.00000225. The maximum atomic E-state index is 4.48. The van der Waals surface area contributed by atoms with E-state index in [1.807, 2.05) is 31.4 Å². The number of aromatic amines is 1.